The minimum Gasteiger partial charge on any atom is -0.463 e. The molecule has 4 rings (SSSR count). The zero-order valence-electron chi connectivity index (χ0n) is 25.9. The van der Waals surface area contributed by atoms with E-state index in [0.29, 0.717) is 12.2 Å². The summed E-state index contributed by atoms with van der Waals surface area (Å²) in [5.41, 5.74) is 2.55. The van der Waals surface area contributed by atoms with E-state index in [1.807, 2.05) is 91.0 Å². The summed E-state index contributed by atoms with van der Waals surface area (Å²) in [5.74, 6) is -4.67. The molecule has 0 radical (unpaired) electrons. The quantitative estimate of drug-likeness (QED) is 0.0426. The lowest BCUT2D eigenvalue weighted by Crippen LogP contribution is -2.65. The van der Waals surface area contributed by atoms with E-state index in [4.69, 9.17) is 38.2 Å². The molecule has 0 aliphatic carbocycles. The highest BCUT2D eigenvalue weighted by atomic mass is 19.3. The van der Waals surface area contributed by atoms with Crippen molar-refractivity contribution in [1.29, 1.82) is 0 Å². The van der Waals surface area contributed by atoms with Crippen LogP contribution in [0.25, 0.3) is 0 Å². The molecule has 0 N–H and O–H groups in total. The van der Waals surface area contributed by atoms with Crippen molar-refractivity contribution in [3.05, 3.63) is 120 Å². The van der Waals surface area contributed by atoms with E-state index >= 15 is 8.78 Å². The van der Waals surface area contributed by atoms with E-state index in [1.165, 1.54) is 7.11 Å². The highest BCUT2D eigenvalue weighted by molar-refractivity contribution is 5.82. The van der Waals surface area contributed by atoms with Crippen LogP contribution in [0.2, 0.25) is 0 Å². The van der Waals surface area contributed by atoms with Gasteiger partial charge in [0.15, 0.2) is 19.0 Å². The molecule has 0 amide bonds. The summed E-state index contributed by atoms with van der Waals surface area (Å²) in [7, 11) is 1.37. The lowest BCUT2D eigenvalue weighted by Gasteiger charge is -2.46. The molecule has 0 bridgehead atoms. The summed E-state index contributed by atoms with van der Waals surface area (Å²) < 4.78 is 66.6. The van der Waals surface area contributed by atoms with E-state index in [9.17, 15) is 4.79 Å². The third kappa shape index (κ3) is 10.8. The molecule has 1 heterocycles. The normalized spacial score (nSPS) is 21.8. The van der Waals surface area contributed by atoms with Crippen molar-refractivity contribution in [2.24, 2.45) is 0 Å². The molecule has 46 heavy (non-hydrogen) atoms. The Morgan fingerprint density at radius 1 is 0.804 bits per heavy atom. The van der Waals surface area contributed by atoms with Gasteiger partial charge in [-0.15, -0.1) is 0 Å². The lowest BCUT2D eigenvalue weighted by atomic mass is 9.91. The number of carbonyl (C=O) groups is 1. The van der Waals surface area contributed by atoms with Crippen LogP contribution in [-0.4, -0.2) is 69.5 Å². The van der Waals surface area contributed by atoms with Crippen LogP contribution in [0, 0.1) is 0 Å². The van der Waals surface area contributed by atoms with Crippen LogP contribution in [0.4, 0.5) is 8.78 Å². The molecule has 0 saturated carbocycles. The second-order valence-electron chi connectivity index (χ2n) is 10.5. The third-order valence-corrected chi connectivity index (χ3v) is 7.05. The molecule has 5 atom stereocenters. The van der Waals surface area contributed by atoms with Gasteiger partial charge >= 0.3 is 5.97 Å². The maximum atomic E-state index is 16.0. The molecule has 11 heteroatoms. The third-order valence-electron chi connectivity index (χ3n) is 7.05. The molecular weight excluding hydrogens is 602 g/mol. The fourth-order valence-corrected chi connectivity index (χ4v) is 4.87. The van der Waals surface area contributed by atoms with Crippen LogP contribution >= 0.6 is 0 Å². The van der Waals surface area contributed by atoms with Gasteiger partial charge in [-0.2, -0.15) is 8.78 Å². The molecule has 1 fully saturated rings. The SMILES string of the molecule is CCOC(=O)/C=C/C(F)(F)[C@H]1O[C@H](COCc2ccccc2)[C@@H](OCc2ccccc2)[C@H](OCc2ccccc2)[C@H]1OOCOC. The first-order valence-corrected chi connectivity index (χ1v) is 15.0. The molecule has 0 aromatic heterocycles. The number of halogens is 2. The van der Waals surface area contributed by atoms with Gasteiger partial charge in [0.1, 0.15) is 18.3 Å². The predicted molar refractivity (Wildman–Crippen MR) is 163 cm³/mol. The van der Waals surface area contributed by atoms with E-state index in [2.05, 4.69) is 0 Å². The number of carbonyl (C=O) groups excluding carboxylic acids is 1. The van der Waals surface area contributed by atoms with E-state index < -0.39 is 42.4 Å². The monoisotopic (exact) mass is 642 g/mol. The molecule has 9 nitrogen and oxygen atoms in total. The number of rotatable bonds is 18. The second-order valence-corrected chi connectivity index (χ2v) is 10.5. The standard InChI is InChI=1S/C35H40F2O9/c1-3-41-30(38)19-20-35(36,37)34-33(46-44-25-39-2)32(43-23-28-17-11-6-12-18-28)31(42-22-27-15-9-5-10-16-27)29(45-34)24-40-21-26-13-7-4-8-14-26/h4-20,29,31-34H,3,21-25H2,1-2H3/b20-19+/t29-,31-,32+,33-,34+/m1/s1. The van der Waals surface area contributed by atoms with Crippen molar-refractivity contribution in [3.8, 4) is 0 Å². The van der Waals surface area contributed by atoms with Crippen molar-refractivity contribution < 1.29 is 51.8 Å². The zero-order valence-corrected chi connectivity index (χ0v) is 25.9. The predicted octanol–water partition coefficient (Wildman–Crippen LogP) is 5.82. The van der Waals surface area contributed by atoms with Gasteiger partial charge < -0.3 is 28.4 Å². The van der Waals surface area contributed by atoms with Crippen molar-refractivity contribution in [2.45, 2.75) is 63.2 Å². The van der Waals surface area contributed by atoms with Gasteiger partial charge in [0.25, 0.3) is 5.92 Å². The maximum absolute atomic E-state index is 16.0. The summed E-state index contributed by atoms with van der Waals surface area (Å²) in [4.78, 5) is 22.7. The number of benzene rings is 3. The van der Waals surface area contributed by atoms with Crippen LogP contribution in [0.1, 0.15) is 23.6 Å². The van der Waals surface area contributed by atoms with Crippen LogP contribution in [0.15, 0.2) is 103 Å². The molecule has 248 valence electrons. The number of hydrogen-bond donors (Lipinski definition) is 0. The fourth-order valence-electron chi connectivity index (χ4n) is 4.87. The van der Waals surface area contributed by atoms with Crippen molar-refractivity contribution in [3.63, 3.8) is 0 Å². The van der Waals surface area contributed by atoms with Gasteiger partial charge in [0.2, 0.25) is 0 Å². The fraction of sp³-hybridized carbons (Fsp3) is 0.400. The zero-order chi connectivity index (χ0) is 32.6. The Morgan fingerprint density at radius 2 is 1.35 bits per heavy atom. The van der Waals surface area contributed by atoms with Gasteiger partial charge in [0.05, 0.1) is 33.0 Å². The van der Waals surface area contributed by atoms with E-state index in [1.54, 1.807) is 6.92 Å². The smallest absolute Gasteiger partial charge is 0.330 e. The summed E-state index contributed by atoms with van der Waals surface area (Å²) in [6, 6.07) is 28.1. The molecule has 0 spiro atoms. The van der Waals surface area contributed by atoms with E-state index in [-0.39, 0.29) is 39.8 Å². The average Bonchev–Trinajstić information content (AvgIpc) is 3.08. The Bertz CT molecular complexity index is 1310. The Morgan fingerprint density at radius 3 is 1.89 bits per heavy atom. The maximum Gasteiger partial charge on any atom is 0.330 e. The minimum atomic E-state index is -3.75. The summed E-state index contributed by atoms with van der Waals surface area (Å²) in [6.45, 7) is 1.54. The number of esters is 1. The van der Waals surface area contributed by atoms with Gasteiger partial charge in [-0.1, -0.05) is 91.0 Å². The molecule has 1 aliphatic heterocycles. The molecule has 3 aromatic carbocycles. The summed E-state index contributed by atoms with van der Waals surface area (Å²) >= 11 is 0. The molecule has 3 aromatic rings. The highest BCUT2D eigenvalue weighted by Gasteiger charge is 2.57. The van der Waals surface area contributed by atoms with Crippen LogP contribution in [0.5, 0.6) is 0 Å². The molecular formula is C35H40F2O9. The second kappa shape index (κ2) is 18.6. The summed E-state index contributed by atoms with van der Waals surface area (Å²) in [5, 5.41) is 0. The van der Waals surface area contributed by atoms with Crippen molar-refractivity contribution in [1.82, 2.24) is 0 Å². The molecule has 1 saturated heterocycles. The molecule has 0 unspecified atom stereocenters. The van der Waals surface area contributed by atoms with Gasteiger partial charge in [-0.3, -0.25) is 0 Å². The Kier molecular flexibility index (Phi) is 14.2. The Balaban J connectivity index is 1.68. The van der Waals surface area contributed by atoms with Crippen molar-refractivity contribution >= 4 is 5.97 Å². The van der Waals surface area contributed by atoms with Crippen LogP contribution in [0.3, 0.4) is 0 Å². The lowest BCUT2D eigenvalue weighted by molar-refractivity contribution is -0.415. The Labute approximate surface area is 267 Å². The number of alkyl halides is 2. The minimum absolute atomic E-state index is 0.0297. The number of hydrogen-bond acceptors (Lipinski definition) is 9. The average molecular weight is 643 g/mol. The van der Waals surface area contributed by atoms with Gasteiger partial charge in [-0.25, -0.2) is 14.6 Å². The van der Waals surface area contributed by atoms with Gasteiger partial charge in [0, 0.05) is 13.2 Å². The largest absolute Gasteiger partial charge is 0.463 e. The van der Waals surface area contributed by atoms with Crippen molar-refractivity contribution in [2.75, 3.05) is 27.1 Å². The highest BCUT2D eigenvalue weighted by Crippen LogP contribution is 2.38. The first-order valence-electron chi connectivity index (χ1n) is 15.0. The summed E-state index contributed by atoms with van der Waals surface area (Å²) in [6.07, 6.45) is -5.56. The Hall–Kier alpha value is -3.55. The first kappa shape index (κ1) is 35.3. The number of ether oxygens (including phenoxy) is 6. The molecule has 1 aliphatic rings. The van der Waals surface area contributed by atoms with Crippen LogP contribution < -0.4 is 0 Å². The topological polar surface area (TPSA) is 90.9 Å². The van der Waals surface area contributed by atoms with E-state index in [0.717, 1.165) is 16.7 Å². The van der Waals surface area contributed by atoms with Gasteiger partial charge in [-0.05, 0) is 29.7 Å². The first-order chi connectivity index (χ1) is 22.4. The van der Waals surface area contributed by atoms with Crippen LogP contribution in [-0.2, 0) is 62.8 Å². The number of methoxy groups -OCH3 is 1.